The van der Waals surface area contributed by atoms with Crippen molar-refractivity contribution >= 4 is 16.7 Å². The van der Waals surface area contributed by atoms with E-state index in [0.717, 1.165) is 36.1 Å². The molecule has 1 aromatic carbocycles. The first kappa shape index (κ1) is 16.8. The van der Waals surface area contributed by atoms with Crippen molar-refractivity contribution in [1.82, 2.24) is 14.8 Å². The first-order valence-corrected chi connectivity index (χ1v) is 8.98. The van der Waals surface area contributed by atoms with E-state index in [0.29, 0.717) is 5.70 Å². The van der Waals surface area contributed by atoms with Gasteiger partial charge >= 0.3 is 0 Å². The van der Waals surface area contributed by atoms with E-state index < -0.39 is 0 Å². The molecule has 1 aliphatic heterocycles. The number of rotatable bonds is 7. The summed E-state index contributed by atoms with van der Waals surface area (Å²) in [7, 11) is 0. The van der Waals surface area contributed by atoms with Gasteiger partial charge in [-0.05, 0) is 38.9 Å². The van der Waals surface area contributed by atoms with Crippen LogP contribution in [-0.2, 0) is 6.54 Å². The monoisotopic (exact) mass is 325 g/mol. The Morgan fingerprint density at radius 2 is 1.96 bits per heavy atom. The number of para-hydroxylation sites is 1. The van der Waals surface area contributed by atoms with Crippen molar-refractivity contribution in [1.29, 1.82) is 0 Å². The lowest BCUT2D eigenvalue weighted by Crippen LogP contribution is -2.36. The highest BCUT2D eigenvalue weighted by Gasteiger charge is 2.17. The molecule has 0 spiro atoms. The van der Waals surface area contributed by atoms with Crippen LogP contribution in [0, 0.1) is 0 Å². The van der Waals surface area contributed by atoms with Gasteiger partial charge in [0.25, 0.3) is 0 Å². The number of hydrogen-bond donors (Lipinski definition) is 1. The highest BCUT2D eigenvalue weighted by atomic mass is 16.1. The van der Waals surface area contributed by atoms with Gasteiger partial charge in [0.15, 0.2) is 0 Å². The molecule has 1 saturated heterocycles. The first-order chi connectivity index (χ1) is 11.7. The average molecular weight is 325 g/mol. The van der Waals surface area contributed by atoms with Crippen LogP contribution in [0.15, 0.2) is 42.7 Å². The van der Waals surface area contributed by atoms with E-state index >= 15 is 0 Å². The molecular weight excluding hydrogens is 298 g/mol. The summed E-state index contributed by atoms with van der Waals surface area (Å²) in [5, 5.41) is 4.23. The Morgan fingerprint density at radius 1 is 1.21 bits per heavy atom. The van der Waals surface area contributed by atoms with Crippen LogP contribution >= 0.6 is 0 Å². The van der Waals surface area contributed by atoms with E-state index in [1.165, 1.54) is 32.4 Å². The quantitative estimate of drug-likeness (QED) is 0.626. The summed E-state index contributed by atoms with van der Waals surface area (Å²) >= 11 is 0. The lowest BCUT2D eigenvalue weighted by Gasteiger charge is -2.26. The minimum Gasteiger partial charge on any atom is -0.381 e. The molecule has 0 aliphatic carbocycles. The van der Waals surface area contributed by atoms with Gasteiger partial charge in [-0.15, -0.1) is 0 Å². The normalized spacial score (nSPS) is 15.5. The Balaban J connectivity index is 1.64. The lowest BCUT2D eigenvalue weighted by molar-refractivity contribution is 0.102. The van der Waals surface area contributed by atoms with Crippen molar-refractivity contribution in [3.8, 4) is 0 Å². The second-order valence-corrected chi connectivity index (χ2v) is 6.48. The Hall–Kier alpha value is -2.07. The number of fused-ring (bicyclic) bond motifs is 1. The van der Waals surface area contributed by atoms with Gasteiger partial charge in [0.1, 0.15) is 0 Å². The van der Waals surface area contributed by atoms with Gasteiger partial charge in [0.05, 0.1) is 5.70 Å². The van der Waals surface area contributed by atoms with Gasteiger partial charge in [0, 0.05) is 42.3 Å². The molecule has 4 nitrogen and oxygen atoms in total. The number of piperidine rings is 1. The first-order valence-electron chi connectivity index (χ1n) is 8.98. The molecule has 1 aromatic heterocycles. The number of benzene rings is 1. The predicted octanol–water partition coefficient (Wildman–Crippen LogP) is 3.43. The molecule has 4 heteroatoms. The summed E-state index contributed by atoms with van der Waals surface area (Å²) in [4.78, 5) is 15.2. The summed E-state index contributed by atoms with van der Waals surface area (Å²) < 4.78 is 2.11. The zero-order valence-corrected chi connectivity index (χ0v) is 14.6. The number of likely N-dealkylation sites (tertiary alicyclic amines) is 1. The molecular formula is C20H27N3O. The number of nitrogens with one attached hydrogen (secondary N) is 1. The molecule has 1 aliphatic rings. The molecule has 0 atom stereocenters. The topological polar surface area (TPSA) is 37.3 Å². The maximum Gasteiger partial charge on any atom is 0.210 e. The molecule has 128 valence electrons. The number of Topliss-reactive ketones (excluding diaryl/α,β-unsaturated/α-hetero) is 1. The molecule has 1 N–H and O–H groups in total. The highest BCUT2D eigenvalue weighted by molar-refractivity contribution is 6.15. The molecule has 3 rings (SSSR count). The van der Waals surface area contributed by atoms with Crippen LogP contribution < -0.4 is 5.32 Å². The third-order valence-corrected chi connectivity index (χ3v) is 4.86. The van der Waals surface area contributed by atoms with E-state index in [2.05, 4.69) is 34.4 Å². The summed E-state index contributed by atoms with van der Waals surface area (Å²) in [6.07, 6.45) is 5.87. The van der Waals surface area contributed by atoms with Gasteiger partial charge in [-0.2, -0.15) is 0 Å². The summed E-state index contributed by atoms with van der Waals surface area (Å²) in [6, 6.07) is 8.05. The van der Waals surface area contributed by atoms with Crippen LogP contribution in [0.3, 0.4) is 0 Å². The second-order valence-electron chi connectivity index (χ2n) is 6.48. The summed E-state index contributed by atoms with van der Waals surface area (Å²) in [5.74, 6) is -0.00274. The molecule has 0 amide bonds. The Labute approximate surface area is 144 Å². The second kappa shape index (κ2) is 7.67. The fourth-order valence-electron chi connectivity index (χ4n) is 3.48. The molecule has 24 heavy (non-hydrogen) atoms. The van der Waals surface area contributed by atoms with Crippen LogP contribution in [0.5, 0.6) is 0 Å². The number of nitrogens with zero attached hydrogens (tertiary/aromatic N) is 2. The Bertz CT molecular complexity index is 726. The molecule has 0 unspecified atom stereocenters. The van der Waals surface area contributed by atoms with Gasteiger partial charge in [-0.3, -0.25) is 4.79 Å². The number of carbonyl (C=O) groups is 1. The Morgan fingerprint density at radius 3 is 2.71 bits per heavy atom. The van der Waals surface area contributed by atoms with E-state index in [1.54, 1.807) is 0 Å². The fraction of sp³-hybridized carbons (Fsp3) is 0.450. The zero-order chi connectivity index (χ0) is 16.9. The lowest BCUT2D eigenvalue weighted by atomic mass is 10.1. The van der Waals surface area contributed by atoms with Gasteiger partial charge in [-0.1, -0.05) is 31.2 Å². The number of carbonyl (C=O) groups excluding carboxylic acids is 1. The molecule has 0 bridgehead atoms. The van der Waals surface area contributed by atoms with Crippen molar-refractivity contribution in [2.24, 2.45) is 0 Å². The van der Waals surface area contributed by atoms with Crippen LogP contribution in [0.1, 0.15) is 36.5 Å². The molecule has 2 aromatic rings. The molecule has 2 heterocycles. The summed E-state index contributed by atoms with van der Waals surface area (Å²) in [6.45, 7) is 11.0. The number of hydrogen-bond acceptors (Lipinski definition) is 3. The van der Waals surface area contributed by atoms with Crippen LogP contribution in [0.4, 0.5) is 0 Å². The minimum absolute atomic E-state index is 0.00274. The third-order valence-electron chi connectivity index (χ3n) is 4.86. The highest BCUT2D eigenvalue weighted by Crippen LogP contribution is 2.23. The van der Waals surface area contributed by atoms with E-state index in [9.17, 15) is 4.79 Å². The van der Waals surface area contributed by atoms with E-state index in [4.69, 9.17) is 0 Å². The standard InChI is InChI=1S/C20H27N3O/c1-3-23-15-18(17-9-5-6-10-19(17)23)20(24)16(2)21-11-14-22-12-7-4-8-13-22/h5-6,9-10,15,21H,2-4,7-8,11-14H2,1H3. The maximum atomic E-state index is 12.8. The van der Waals surface area contributed by atoms with Gasteiger partial charge < -0.3 is 14.8 Å². The fourth-order valence-corrected chi connectivity index (χ4v) is 3.48. The van der Waals surface area contributed by atoms with Crippen molar-refractivity contribution in [2.45, 2.75) is 32.7 Å². The molecule has 1 fully saturated rings. The van der Waals surface area contributed by atoms with E-state index in [1.807, 2.05) is 24.4 Å². The smallest absolute Gasteiger partial charge is 0.210 e. The van der Waals surface area contributed by atoms with Crippen molar-refractivity contribution in [2.75, 3.05) is 26.2 Å². The zero-order valence-electron chi connectivity index (χ0n) is 14.6. The number of aromatic nitrogens is 1. The van der Waals surface area contributed by atoms with Crippen molar-refractivity contribution in [3.05, 3.63) is 48.3 Å². The van der Waals surface area contributed by atoms with Crippen molar-refractivity contribution < 1.29 is 4.79 Å². The molecule has 0 saturated carbocycles. The number of ketones is 1. The Kier molecular flexibility index (Phi) is 5.36. The summed E-state index contributed by atoms with van der Waals surface area (Å²) in [5.41, 5.74) is 2.33. The predicted molar refractivity (Wildman–Crippen MR) is 99.4 cm³/mol. The number of aryl methyl sites for hydroxylation is 1. The van der Waals surface area contributed by atoms with Gasteiger partial charge in [0.2, 0.25) is 5.78 Å². The minimum atomic E-state index is -0.00274. The van der Waals surface area contributed by atoms with Crippen LogP contribution in [-0.4, -0.2) is 41.4 Å². The largest absolute Gasteiger partial charge is 0.381 e. The number of allylic oxidation sites excluding steroid dienone is 1. The molecule has 0 radical (unpaired) electrons. The van der Waals surface area contributed by atoms with Gasteiger partial charge in [-0.25, -0.2) is 0 Å². The third kappa shape index (κ3) is 3.54. The van der Waals surface area contributed by atoms with Crippen molar-refractivity contribution in [3.63, 3.8) is 0 Å². The van der Waals surface area contributed by atoms with Crippen LogP contribution in [0.2, 0.25) is 0 Å². The van der Waals surface area contributed by atoms with E-state index in [-0.39, 0.29) is 5.78 Å². The SMILES string of the molecule is C=C(NCCN1CCCCC1)C(=O)c1cn(CC)c2ccccc12. The van der Waals surface area contributed by atoms with Crippen LogP contribution in [0.25, 0.3) is 10.9 Å². The maximum absolute atomic E-state index is 12.8. The average Bonchev–Trinajstić information content (AvgIpc) is 3.00.